The number of amides is 2. The fourth-order valence-electron chi connectivity index (χ4n) is 6.12. The minimum Gasteiger partial charge on any atom is -0.493 e. The third kappa shape index (κ3) is 7.88. The lowest BCUT2D eigenvalue weighted by Crippen LogP contribution is -2.41. The molecule has 0 unspecified atom stereocenters. The molecule has 0 radical (unpaired) electrons. The number of rotatable bonds is 13. The van der Waals surface area contributed by atoms with Crippen LogP contribution in [0.1, 0.15) is 69.0 Å². The Kier molecular flexibility index (Phi) is 12.0. The number of methoxy groups -OCH3 is 3. The van der Waals surface area contributed by atoms with Crippen molar-refractivity contribution in [3.05, 3.63) is 57.3 Å². The molecule has 4 rings (SSSR count). The predicted molar refractivity (Wildman–Crippen MR) is 177 cm³/mol. The maximum Gasteiger partial charge on any atom is 0.242 e. The molecular weight excluding hydrogens is 578 g/mol. The van der Waals surface area contributed by atoms with Gasteiger partial charge in [-0.15, -0.1) is 0 Å². The summed E-state index contributed by atoms with van der Waals surface area (Å²) in [5, 5.41) is 9.38. The Balaban J connectivity index is 1.73. The lowest BCUT2D eigenvalue weighted by Gasteiger charge is -2.19. The lowest BCUT2D eigenvalue weighted by atomic mass is 9.95. The fraction of sp³-hybridized carbons (Fsp3) is 0.500. The maximum atomic E-state index is 13.8. The average Bonchev–Trinajstić information content (AvgIpc) is 3.26. The van der Waals surface area contributed by atoms with Crippen LogP contribution >= 0.6 is 11.8 Å². The second kappa shape index (κ2) is 15.9. The van der Waals surface area contributed by atoms with Crippen molar-refractivity contribution >= 4 is 29.3 Å². The molecule has 0 fully saturated rings. The van der Waals surface area contributed by atoms with E-state index in [1.165, 1.54) is 25.3 Å². The first-order chi connectivity index (χ1) is 21.3. The third-order valence-corrected chi connectivity index (χ3v) is 8.95. The van der Waals surface area contributed by atoms with E-state index in [-0.39, 0.29) is 17.2 Å². The van der Waals surface area contributed by atoms with Crippen LogP contribution in [-0.4, -0.2) is 57.7 Å². The molecule has 2 atom stereocenters. The number of aryl methyl sites for hydroxylation is 1. The molecule has 2 aromatic rings. The van der Waals surface area contributed by atoms with Gasteiger partial charge in [-0.05, 0) is 98.3 Å². The van der Waals surface area contributed by atoms with E-state index in [0.29, 0.717) is 54.3 Å². The molecule has 0 bridgehead atoms. The summed E-state index contributed by atoms with van der Waals surface area (Å²) in [5.41, 5.74) is 4.60. The summed E-state index contributed by atoms with van der Waals surface area (Å²) in [7, 11) is 4.70. The highest BCUT2D eigenvalue weighted by Gasteiger charge is 2.30. The Morgan fingerprint density at radius 3 is 2.50 bits per heavy atom. The minimum absolute atomic E-state index is 0.122. The standard InChI is InChI=1S/C34H45N3O6S/c1-21(38)36-26-13-11-23-19-30(41-2)32(42-3)33(43-4)31(23)24-12-14-27(29(39)20-25(24)26)37-28(16-18-44-5)34(40)35-17-15-22-9-7-6-8-10-22/h9,12,14,19-20,26,28H,6-8,10-11,13,15-18H2,1-5H3,(H,35,40)(H,36,38)(H,37,39)/t26-,28+/m0/s1. The van der Waals surface area contributed by atoms with E-state index in [1.807, 2.05) is 18.4 Å². The van der Waals surface area contributed by atoms with E-state index in [9.17, 15) is 14.4 Å². The van der Waals surface area contributed by atoms with E-state index in [0.717, 1.165) is 41.7 Å². The van der Waals surface area contributed by atoms with Gasteiger partial charge in [-0.2, -0.15) is 11.8 Å². The molecule has 0 aliphatic heterocycles. The fourth-order valence-corrected chi connectivity index (χ4v) is 6.59. The van der Waals surface area contributed by atoms with E-state index < -0.39 is 12.1 Å². The molecule has 10 heteroatoms. The number of ether oxygens (including phenoxy) is 3. The van der Waals surface area contributed by atoms with Crippen molar-refractivity contribution < 1.29 is 23.8 Å². The first kappa shape index (κ1) is 33.2. The molecule has 44 heavy (non-hydrogen) atoms. The number of nitrogens with one attached hydrogen (secondary N) is 3. The van der Waals surface area contributed by atoms with Crippen LogP contribution in [0, 0.1) is 0 Å². The van der Waals surface area contributed by atoms with E-state index >= 15 is 0 Å². The largest absolute Gasteiger partial charge is 0.493 e. The van der Waals surface area contributed by atoms with Gasteiger partial charge in [0.2, 0.25) is 23.0 Å². The Hall–Kier alpha value is -3.66. The number of benzene rings is 1. The van der Waals surface area contributed by atoms with Crippen molar-refractivity contribution in [2.24, 2.45) is 0 Å². The summed E-state index contributed by atoms with van der Waals surface area (Å²) in [6, 6.07) is 6.11. The summed E-state index contributed by atoms with van der Waals surface area (Å²) >= 11 is 1.65. The molecule has 0 aromatic heterocycles. The summed E-state index contributed by atoms with van der Waals surface area (Å²) in [5.74, 6) is 1.92. The summed E-state index contributed by atoms with van der Waals surface area (Å²) in [6.45, 7) is 2.04. The SMILES string of the molecule is COc1cc2c(c(OC)c1OC)-c1ccc(N[C@H](CCSC)C(=O)NCCC3=CCCCC3)c(=O)cc1[C@@H](NC(C)=O)CC2. The number of fused-ring (bicyclic) bond motifs is 3. The highest BCUT2D eigenvalue weighted by atomic mass is 32.2. The Bertz CT molecular complexity index is 1440. The van der Waals surface area contributed by atoms with Gasteiger partial charge in [-0.25, -0.2) is 0 Å². The van der Waals surface area contributed by atoms with Gasteiger partial charge in [0.15, 0.2) is 11.5 Å². The first-order valence-corrected chi connectivity index (χ1v) is 16.7. The van der Waals surface area contributed by atoms with Crippen molar-refractivity contribution in [2.45, 2.75) is 70.4 Å². The van der Waals surface area contributed by atoms with Crippen molar-refractivity contribution in [1.29, 1.82) is 0 Å². The Morgan fingerprint density at radius 2 is 1.84 bits per heavy atom. The van der Waals surface area contributed by atoms with Gasteiger partial charge in [-0.1, -0.05) is 17.7 Å². The van der Waals surface area contributed by atoms with Gasteiger partial charge in [0.25, 0.3) is 0 Å². The monoisotopic (exact) mass is 623 g/mol. The molecule has 0 spiro atoms. The van der Waals surface area contributed by atoms with Gasteiger partial charge in [-0.3, -0.25) is 14.4 Å². The van der Waals surface area contributed by atoms with Crippen molar-refractivity contribution in [3.63, 3.8) is 0 Å². The normalized spacial score (nSPS) is 16.3. The van der Waals surface area contributed by atoms with Crippen molar-refractivity contribution in [1.82, 2.24) is 10.6 Å². The zero-order chi connectivity index (χ0) is 31.6. The van der Waals surface area contributed by atoms with Gasteiger partial charge in [0.05, 0.1) is 33.1 Å². The molecular formula is C34H45N3O6S. The number of carbonyl (C=O) groups excluding carboxylic acids is 2. The van der Waals surface area contributed by atoms with Crippen LogP contribution in [0.3, 0.4) is 0 Å². The number of hydrogen-bond donors (Lipinski definition) is 3. The molecule has 9 nitrogen and oxygen atoms in total. The number of hydrogen-bond acceptors (Lipinski definition) is 8. The average molecular weight is 624 g/mol. The number of anilines is 1. The summed E-state index contributed by atoms with van der Waals surface area (Å²) in [6.07, 6.45) is 11.5. The van der Waals surface area contributed by atoms with Crippen LogP contribution in [0.5, 0.6) is 17.2 Å². The highest BCUT2D eigenvalue weighted by Crippen LogP contribution is 2.50. The Labute approximate surface area is 264 Å². The number of allylic oxidation sites excluding steroid dienone is 1. The van der Waals surface area contributed by atoms with Crippen molar-refractivity contribution in [2.75, 3.05) is 45.2 Å². The van der Waals surface area contributed by atoms with Gasteiger partial charge in [0.1, 0.15) is 6.04 Å². The predicted octanol–water partition coefficient (Wildman–Crippen LogP) is 5.40. The van der Waals surface area contributed by atoms with Crippen LogP contribution in [0.4, 0.5) is 5.69 Å². The molecule has 0 saturated carbocycles. The quantitative estimate of drug-likeness (QED) is 0.254. The molecule has 238 valence electrons. The Morgan fingerprint density at radius 1 is 1.05 bits per heavy atom. The van der Waals surface area contributed by atoms with Gasteiger partial charge >= 0.3 is 0 Å². The zero-order valence-corrected chi connectivity index (χ0v) is 27.3. The highest BCUT2D eigenvalue weighted by molar-refractivity contribution is 7.98. The molecule has 0 heterocycles. The minimum atomic E-state index is -0.574. The second-order valence-electron chi connectivity index (χ2n) is 11.2. The first-order valence-electron chi connectivity index (χ1n) is 15.3. The molecule has 2 aromatic carbocycles. The van der Waals surface area contributed by atoms with Gasteiger partial charge < -0.3 is 30.2 Å². The maximum absolute atomic E-state index is 13.8. The van der Waals surface area contributed by atoms with E-state index in [1.54, 1.807) is 45.2 Å². The van der Waals surface area contributed by atoms with E-state index in [2.05, 4.69) is 22.0 Å². The summed E-state index contributed by atoms with van der Waals surface area (Å²) < 4.78 is 17.2. The van der Waals surface area contributed by atoms with Crippen LogP contribution in [0.15, 0.2) is 40.7 Å². The van der Waals surface area contributed by atoms with Crippen molar-refractivity contribution in [3.8, 4) is 28.4 Å². The second-order valence-corrected chi connectivity index (χ2v) is 12.2. The van der Waals surface area contributed by atoms with Gasteiger partial charge in [0, 0.05) is 19.0 Å². The molecule has 2 aliphatic carbocycles. The topological polar surface area (TPSA) is 115 Å². The van der Waals surface area contributed by atoms with Crippen LogP contribution in [-0.2, 0) is 16.0 Å². The zero-order valence-electron chi connectivity index (χ0n) is 26.5. The third-order valence-electron chi connectivity index (χ3n) is 8.30. The summed E-state index contributed by atoms with van der Waals surface area (Å²) in [4.78, 5) is 39.4. The number of thioether (sulfide) groups is 1. The lowest BCUT2D eigenvalue weighted by molar-refractivity contribution is -0.122. The number of carbonyl (C=O) groups is 2. The smallest absolute Gasteiger partial charge is 0.242 e. The molecule has 0 saturated heterocycles. The molecule has 2 amide bonds. The van der Waals surface area contributed by atoms with Crippen LogP contribution in [0.25, 0.3) is 11.1 Å². The van der Waals surface area contributed by atoms with Crippen LogP contribution < -0.4 is 35.6 Å². The van der Waals surface area contributed by atoms with Crippen LogP contribution in [0.2, 0.25) is 0 Å². The van der Waals surface area contributed by atoms with E-state index in [4.69, 9.17) is 14.2 Å². The molecule has 3 N–H and O–H groups in total. The molecule has 2 aliphatic rings.